The van der Waals surface area contributed by atoms with Gasteiger partial charge < -0.3 is 19.4 Å². The van der Waals surface area contributed by atoms with Crippen molar-refractivity contribution in [3.8, 4) is 34.4 Å². The van der Waals surface area contributed by atoms with Crippen LogP contribution < -0.4 is 0 Å². The standard InChI is InChI=1S/C30H24N6O4/c1-3-39-29(37)17-13-23(31-25(15-17)27-33-19-9-5-6-10-20(19)34-27)24-14-18(30(38)40-4-2)16-26(32-24)28-35-21-11-7-8-12-22(21)36-28/h5-16H,3-4H2,1-2H3,(H,33,34)(H,35,36). The maximum atomic E-state index is 12.8. The Hall–Kier alpha value is -5.38. The summed E-state index contributed by atoms with van der Waals surface area (Å²) in [6, 6.07) is 21.6. The summed E-state index contributed by atoms with van der Waals surface area (Å²) in [6.07, 6.45) is 0. The van der Waals surface area contributed by atoms with Crippen molar-refractivity contribution in [2.45, 2.75) is 13.8 Å². The molecule has 0 bridgehead atoms. The molecule has 0 spiro atoms. The Morgan fingerprint density at radius 1 is 0.600 bits per heavy atom. The minimum absolute atomic E-state index is 0.212. The first kappa shape index (κ1) is 24.9. The molecule has 0 radical (unpaired) electrons. The average molecular weight is 533 g/mol. The van der Waals surface area contributed by atoms with Crippen LogP contribution in [0, 0.1) is 0 Å². The van der Waals surface area contributed by atoms with E-state index in [-0.39, 0.29) is 24.3 Å². The van der Waals surface area contributed by atoms with Gasteiger partial charge in [0.15, 0.2) is 11.6 Å². The van der Waals surface area contributed by atoms with E-state index < -0.39 is 11.9 Å². The third kappa shape index (κ3) is 4.78. The molecular weight excluding hydrogens is 508 g/mol. The van der Waals surface area contributed by atoms with Crippen LogP contribution in [0.4, 0.5) is 0 Å². The molecule has 0 aliphatic rings. The molecule has 2 N–H and O–H groups in total. The lowest BCUT2D eigenvalue weighted by atomic mass is 10.1. The van der Waals surface area contributed by atoms with Crippen molar-refractivity contribution in [2.24, 2.45) is 0 Å². The van der Waals surface area contributed by atoms with Crippen LogP contribution in [0.5, 0.6) is 0 Å². The number of ether oxygens (including phenoxy) is 2. The Morgan fingerprint density at radius 3 is 1.40 bits per heavy atom. The van der Waals surface area contributed by atoms with Gasteiger partial charge in [0.1, 0.15) is 11.4 Å². The highest BCUT2D eigenvalue weighted by atomic mass is 16.5. The molecular formula is C30H24N6O4. The van der Waals surface area contributed by atoms with Gasteiger partial charge in [0.05, 0.1) is 57.8 Å². The monoisotopic (exact) mass is 532 g/mol. The zero-order valence-corrected chi connectivity index (χ0v) is 21.8. The van der Waals surface area contributed by atoms with Gasteiger partial charge in [0, 0.05) is 0 Å². The molecule has 2 aromatic carbocycles. The molecule has 0 unspecified atom stereocenters. The second-order valence-electron chi connectivity index (χ2n) is 8.90. The van der Waals surface area contributed by atoms with Gasteiger partial charge in [0.2, 0.25) is 0 Å². The lowest BCUT2D eigenvalue weighted by Gasteiger charge is -2.10. The number of carbonyl (C=O) groups excluding carboxylic acids is 2. The van der Waals surface area contributed by atoms with E-state index >= 15 is 0 Å². The lowest BCUT2D eigenvalue weighted by molar-refractivity contribution is 0.0516. The first-order chi connectivity index (χ1) is 19.5. The van der Waals surface area contributed by atoms with E-state index in [1.54, 1.807) is 38.1 Å². The number of hydrogen-bond donors (Lipinski definition) is 2. The number of aromatic amines is 2. The number of pyridine rings is 2. The summed E-state index contributed by atoms with van der Waals surface area (Å²) >= 11 is 0. The molecule has 6 rings (SSSR count). The molecule has 40 heavy (non-hydrogen) atoms. The van der Waals surface area contributed by atoms with Gasteiger partial charge in [-0.3, -0.25) is 0 Å². The molecule has 4 aromatic heterocycles. The van der Waals surface area contributed by atoms with Crippen molar-refractivity contribution in [3.63, 3.8) is 0 Å². The summed E-state index contributed by atoms with van der Waals surface area (Å²) in [7, 11) is 0. The summed E-state index contributed by atoms with van der Waals surface area (Å²) < 4.78 is 10.6. The molecule has 0 saturated carbocycles. The van der Waals surface area contributed by atoms with Crippen LogP contribution in [-0.2, 0) is 9.47 Å². The fraction of sp³-hybridized carbons (Fsp3) is 0.133. The van der Waals surface area contributed by atoms with Crippen LogP contribution in [0.15, 0.2) is 72.8 Å². The number of carbonyl (C=O) groups is 2. The summed E-state index contributed by atoms with van der Waals surface area (Å²) in [5.74, 6) is -0.0644. The van der Waals surface area contributed by atoms with Gasteiger partial charge in [0.25, 0.3) is 0 Å². The van der Waals surface area contributed by atoms with Crippen LogP contribution in [0.1, 0.15) is 34.6 Å². The summed E-state index contributed by atoms with van der Waals surface area (Å²) in [5, 5.41) is 0. The van der Waals surface area contributed by atoms with E-state index in [4.69, 9.17) is 19.4 Å². The highest BCUT2D eigenvalue weighted by Gasteiger charge is 2.20. The Bertz CT molecular complexity index is 1690. The van der Waals surface area contributed by atoms with Gasteiger partial charge in [-0.1, -0.05) is 24.3 Å². The maximum Gasteiger partial charge on any atom is 0.338 e. The molecule has 0 aliphatic heterocycles. The first-order valence-electron chi connectivity index (χ1n) is 12.8. The van der Waals surface area contributed by atoms with Crippen molar-refractivity contribution in [3.05, 3.63) is 83.9 Å². The highest BCUT2D eigenvalue weighted by molar-refractivity contribution is 5.94. The van der Waals surface area contributed by atoms with Crippen molar-refractivity contribution < 1.29 is 19.1 Å². The van der Waals surface area contributed by atoms with E-state index in [0.717, 1.165) is 22.1 Å². The number of aromatic nitrogens is 6. The SMILES string of the molecule is CCOC(=O)c1cc(-c2cc(C(=O)OCC)cc(-c3nc4ccccc4[nH]3)n2)nc(-c2nc3ccccc3[nH]2)c1. The van der Waals surface area contributed by atoms with Crippen LogP contribution in [0.2, 0.25) is 0 Å². The largest absolute Gasteiger partial charge is 0.462 e. The molecule has 0 saturated heterocycles. The Balaban J connectivity index is 1.54. The van der Waals surface area contributed by atoms with Crippen molar-refractivity contribution in [1.82, 2.24) is 29.9 Å². The molecule has 10 heteroatoms. The van der Waals surface area contributed by atoms with Crippen LogP contribution in [0.25, 0.3) is 56.5 Å². The first-order valence-corrected chi connectivity index (χ1v) is 12.8. The van der Waals surface area contributed by atoms with Gasteiger partial charge in [-0.2, -0.15) is 0 Å². The zero-order chi connectivity index (χ0) is 27.6. The van der Waals surface area contributed by atoms with Crippen LogP contribution >= 0.6 is 0 Å². The average Bonchev–Trinajstić information content (AvgIpc) is 3.62. The number of benzene rings is 2. The molecule has 6 aromatic rings. The van der Waals surface area contributed by atoms with Gasteiger partial charge in [-0.05, 0) is 62.4 Å². The van der Waals surface area contributed by atoms with Crippen LogP contribution in [-0.4, -0.2) is 55.1 Å². The maximum absolute atomic E-state index is 12.8. The lowest BCUT2D eigenvalue weighted by Crippen LogP contribution is -2.08. The third-order valence-electron chi connectivity index (χ3n) is 6.20. The Kier molecular flexibility index (Phi) is 6.49. The number of nitrogens with zero attached hydrogens (tertiary/aromatic N) is 4. The number of imidazole rings is 2. The third-order valence-corrected chi connectivity index (χ3v) is 6.20. The smallest absolute Gasteiger partial charge is 0.338 e. The van der Waals surface area contributed by atoms with Crippen LogP contribution in [0.3, 0.4) is 0 Å². The fourth-order valence-corrected chi connectivity index (χ4v) is 4.38. The number of nitrogens with one attached hydrogen (secondary N) is 2. The van der Waals surface area contributed by atoms with E-state index in [1.165, 1.54) is 0 Å². The summed E-state index contributed by atoms with van der Waals surface area (Å²) in [6.45, 7) is 3.90. The predicted molar refractivity (Wildman–Crippen MR) is 150 cm³/mol. The minimum atomic E-state index is -0.512. The summed E-state index contributed by atoms with van der Waals surface area (Å²) in [4.78, 5) is 51.1. The van der Waals surface area contributed by atoms with E-state index in [2.05, 4.69) is 19.9 Å². The van der Waals surface area contributed by atoms with Gasteiger partial charge >= 0.3 is 11.9 Å². The van der Waals surface area contributed by atoms with E-state index in [0.29, 0.717) is 34.4 Å². The minimum Gasteiger partial charge on any atom is -0.462 e. The molecule has 0 amide bonds. The quantitative estimate of drug-likeness (QED) is 0.254. The molecule has 4 heterocycles. The van der Waals surface area contributed by atoms with Gasteiger partial charge in [-0.25, -0.2) is 29.5 Å². The van der Waals surface area contributed by atoms with E-state index in [9.17, 15) is 9.59 Å². The highest BCUT2D eigenvalue weighted by Crippen LogP contribution is 2.28. The fourth-order valence-electron chi connectivity index (χ4n) is 4.38. The topological polar surface area (TPSA) is 136 Å². The number of para-hydroxylation sites is 4. The molecule has 10 nitrogen and oxygen atoms in total. The van der Waals surface area contributed by atoms with Crippen molar-refractivity contribution in [1.29, 1.82) is 0 Å². The molecule has 0 atom stereocenters. The number of rotatable bonds is 7. The predicted octanol–water partition coefficient (Wildman–Crippen LogP) is 5.58. The normalized spacial score (nSPS) is 11.2. The van der Waals surface area contributed by atoms with Gasteiger partial charge in [-0.15, -0.1) is 0 Å². The Morgan fingerprint density at radius 2 is 1.00 bits per heavy atom. The number of hydrogen-bond acceptors (Lipinski definition) is 8. The second kappa shape index (κ2) is 10.4. The zero-order valence-electron chi connectivity index (χ0n) is 21.8. The van der Waals surface area contributed by atoms with E-state index in [1.807, 2.05) is 48.5 Å². The Labute approximate surface area is 228 Å². The van der Waals surface area contributed by atoms with Crippen molar-refractivity contribution in [2.75, 3.05) is 13.2 Å². The number of esters is 2. The van der Waals surface area contributed by atoms with Crippen molar-refractivity contribution >= 4 is 34.0 Å². The summed E-state index contributed by atoms with van der Waals surface area (Å²) in [5.41, 5.74) is 5.28. The number of H-pyrrole nitrogens is 2. The number of fused-ring (bicyclic) bond motifs is 2. The molecule has 198 valence electrons. The molecule has 0 fully saturated rings. The second-order valence-corrected chi connectivity index (χ2v) is 8.90. The molecule has 0 aliphatic carbocycles.